The van der Waals surface area contributed by atoms with Crippen LogP contribution in [0.5, 0.6) is 0 Å². The van der Waals surface area contributed by atoms with Crippen molar-refractivity contribution in [2.45, 2.75) is 24.2 Å². The molecule has 1 N–H and O–H groups in total. The Hall–Kier alpha value is -1.23. The minimum atomic E-state index is -2.60. The Kier molecular flexibility index (Phi) is 2.55. The Morgan fingerprint density at radius 3 is 2.61 bits per heavy atom. The maximum absolute atomic E-state index is 13.4. The van der Waals surface area contributed by atoms with E-state index in [9.17, 15) is 8.78 Å². The van der Waals surface area contributed by atoms with Crippen molar-refractivity contribution in [3.8, 4) is 0 Å². The van der Waals surface area contributed by atoms with Crippen LogP contribution in [0, 0.1) is 0 Å². The van der Waals surface area contributed by atoms with E-state index >= 15 is 0 Å². The second-order valence-corrected chi connectivity index (χ2v) is 5.66. The lowest BCUT2D eigenvalue weighted by atomic mass is 9.61. The number of nitrogens with one attached hydrogen (secondary N) is 1. The van der Waals surface area contributed by atoms with E-state index in [1.165, 1.54) is 0 Å². The van der Waals surface area contributed by atoms with E-state index in [2.05, 4.69) is 25.9 Å². The Morgan fingerprint density at radius 1 is 1.28 bits per heavy atom. The number of H-pyrrole nitrogens is 1. The first-order valence-electron chi connectivity index (χ1n) is 5.66. The Bertz CT molecular complexity index is 558. The molecule has 3 rings (SSSR count). The topological polar surface area (TPSA) is 28.7 Å². The fourth-order valence-corrected chi connectivity index (χ4v) is 3.05. The van der Waals surface area contributed by atoms with Gasteiger partial charge in [-0.15, -0.1) is 0 Å². The first-order chi connectivity index (χ1) is 8.52. The number of hydrogen-bond donors (Lipinski definition) is 1. The molecule has 0 bridgehead atoms. The summed E-state index contributed by atoms with van der Waals surface area (Å²) in [5.41, 5.74) is 0.189. The molecule has 94 valence electrons. The van der Waals surface area contributed by atoms with Crippen LogP contribution < -0.4 is 0 Å². The first kappa shape index (κ1) is 11.8. The fraction of sp³-hybridized carbons (Fsp3) is 0.308. The van der Waals surface area contributed by atoms with Crippen LogP contribution >= 0.6 is 15.9 Å². The molecular weight excluding hydrogens is 302 g/mol. The number of aromatic nitrogens is 2. The van der Waals surface area contributed by atoms with Crippen molar-refractivity contribution in [3.05, 3.63) is 52.5 Å². The molecule has 0 amide bonds. The van der Waals surface area contributed by atoms with Crippen LogP contribution in [0.3, 0.4) is 0 Å². The summed E-state index contributed by atoms with van der Waals surface area (Å²) in [5.74, 6) is -1.98. The van der Waals surface area contributed by atoms with Gasteiger partial charge in [0.25, 0.3) is 5.92 Å². The number of halogens is 3. The van der Waals surface area contributed by atoms with Gasteiger partial charge in [0.2, 0.25) is 0 Å². The first-order valence-corrected chi connectivity index (χ1v) is 6.45. The summed E-state index contributed by atoms with van der Waals surface area (Å²) in [6.07, 6.45) is 2.89. The van der Waals surface area contributed by atoms with Crippen LogP contribution in [0.25, 0.3) is 0 Å². The molecule has 0 aliphatic heterocycles. The summed E-state index contributed by atoms with van der Waals surface area (Å²) < 4.78 is 27.6. The smallest absolute Gasteiger partial charge is 0.250 e. The molecule has 0 radical (unpaired) electrons. The number of rotatable bonds is 2. The van der Waals surface area contributed by atoms with E-state index in [4.69, 9.17) is 0 Å². The van der Waals surface area contributed by atoms with Crippen molar-refractivity contribution in [3.63, 3.8) is 0 Å². The molecule has 1 aromatic carbocycles. The van der Waals surface area contributed by atoms with E-state index in [1.807, 2.05) is 24.3 Å². The van der Waals surface area contributed by atoms with Crippen molar-refractivity contribution in [2.24, 2.45) is 0 Å². The average molecular weight is 313 g/mol. The average Bonchev–Trinajstić information content (AvgIpc) is 2.78. The molecule has 1 aliphatic rings. The summed E-state index contributed by atoms with van der Waals surface area (Å²) in [4.78, 5) is 7.15. The van der Waals surface area contributed by atoms with Gasteiger partial charge in [0, 0.05) is 29.7 Å². The monoisotopic (exact) mass is 312 g/mol. The van der Waals surface area contributed by atoms with E-state index in [-0.39, 0.29) is 12.8 Å². The number of imidazole rings is 1. The van der Waals surface area contributed by atoms with Gasteiger partial charge in [-0.1, -0.05) is 28.1 Å². The number of hydrogen-bond acceptors (Lipinski definition) is 1. The Morgan fingerprint density at radius 2 is 2.06 bits per heavy atom. The lowest BCUT2D eigenvalue weighted by molar-refractivity contribution is -0.116. The van der Waals surface area contributed by atoms with E-state index in [0.29, 0.717) is 5.82 Å². The highest BCUT2D eigenvalue weighted by molar-refractivity contribution is 9.10. The lowest BCUT2D eigenvalue weighted by Gasteiger charge is -2.46. The van der Waals surface area contributed by atoms with Crippen LogP contribution in [0.1, 0.15) is 24.2 Å². The summed E-state index contributed by atoms with van der Waals surface area (Å²) in [5, 5.41) is 0. The van der Waals surface area contributed by atoms with Crippen LogP contribution in [-0.2, 0) is 5.41 Å². The molecule has 2 aromatic rings. The minimum absolute atomic E-state index is 0.191. The van der Waals surface area contributed by atoms with E-state index < -0.39 is 11.3 Å². The molecule has 0 saturated heterocycles. The van der Waals surface area contributed by atoms with Gasteiger partial charge in [0.15, 0.2) is 0 Å². The van der Waals surface area contributed by atoms with Gasteiger partial charge in [-0.25, -0.2) is 13.8 Å². The molecule has 2 nitrogen and oxygen atoms in total. The van der Waals surface area contributed by atoms with Crippen molar-refractivity contribution < 1.29 is 8.78 Å². The standard InChI is InChI=1S/C13H11BrF2N2/c14-10-3-1-2-9(6-10)12(7-13(15,16)8-12)11-17-4-5-18-11/h1-6H,7-8H2,(H,17,18). The normalized spacial score (nSPS) is 20.4. The number of benzene rings is 1. The number of aromatic amines is 1. The molecular formula is C13H11BrF2N2. The van der Waals surface area contributed by atoms with Crippen molar-refractivity contribution >= 4 is 15.9 Å². The van der Waals surface area contributed by atoms with Gasteiger partial charge in [-0.3, -0.25) is 0 Å². The molecule has 1 saturated carbocycles. The van der Waals surface area contributed by atoms with Crippen LogP contribution in [-0.4, -0.2) is 15.9 Å². The highest BCUT2D eigenvalue weighted by atomic mass is 79.9. The van der Waals surface area contributed by atoms with E-state index in [1.54, 1.807) is 12.4 Å². The zero-order valence-electron chi connectivity index (χ0n) is 9.46. The zero-order valence-corrected chi connectivity index (χ0v) is 11.0. The van der Waals surface area contributed by atoms with Crippen molar-refractivity contribution in [1.29, 1.82) is 0 Å². The zero-order chi connectivity index (χ0) is 12.8. The van der Waals surface area contributed by atoms with Gasteiger partial charge in [0.1, 0.15) is 5.82 Å². The Labute approximate surface area is 112 Å². The molecule has 18 heavy (non-hydrogen) atoms. The predicted octanol–water partition coefficient (Wildman–Crippen LogP) is 3.89. The Balaban J connectivity index is 2.08. The minimum Gasteiger partial charge on any atom is -0.348 e. The fourth-order valence-electron chi connectivity index (χ4n) is 2.65. The van der Waals surface area contributed by atoms with Gasteiger partial charge in [0.05, 0.1) is 5.41 Å². The third kappa shape index (κ3) is 1.77. The molecule has 0 atom stereocenters. The predicted molar refractivity (Wildman–Crippen MR) is 67.7 cm³/mol. The summed E-state index contributed by atoms with van der Waals surface area (Å²) >= 11 is 3.38. The SMILES string of the molecule is FC1(F)CC(c2cccc(Br)c2)(c2ncc[nH]2)C1. The molecule has 1 fully saturated rings. The molecule has 1 aromatic heterocycles. The van der Waals surface area contributed by atoms with Crippen LogP contribution in [0.15, 0.2) is 41.1 Å². The largest absolute Gasteiger partial charge is 0.348 e. The molecule has 0 spiro atoms. The second-order valence-electron chi connectivity index (χ2n) is 4.74. The van der Waals surface area contributed by atoms with Crippen LogP contribution in [0.4, 0.5) is 8.78 Å². The van der Waals surface area contributed by atoms with Crippen LogP contribution in [0.2, 0.25) is 0 Å². The molecule has 0 unspecified atom stereocenters. The van der Waals surface area contributed by atoms with Crippen molar-refractivity contribution in [1.82, 2.24) is 9.97 Å². The van der Waals surface area contributed by atoms with E-state index in [0.717, 1.165) is 10.0 Å². The highest BCUT2D eigenvalue weighted by Gasteiger charge is 2.59. The van der Waals surface area contributed by atoms with Gasteiger partial charge >= 0.3 is 0 Å². The molecule has 1 aliphatic carbocycles. The third-order valence-electron chi connectivity index (χ3n) is 3.45. The summed E-state index contributed by atoms with van der Waals surface area (Å²) in [6.45, 7) is 0. The molecule has 5 heteroatoms. The molecule has 1 heterocycles. The maximum atomic E-state index is 13.4. The maximum Gasteiger partial charge on any atom is 0.250 e. The second kappa shape index (κ2) is 3.88. The quantitative estimate of drug-likeness (QED) is 0.895. The van der Waals surface area contributed by atoms with Gasteiger partial charge < -0.3 is 4.98 Å². The summed E-state index contributed by atoms with van der Waals surface area (Å²) in [6, 6.07) is 7.51. The van der Waals surface area contributed by atoms with Crippen molar-refractivity contribution in [2.75, 3.05) is 0 Å². The van der Waals surface area contributed by atoms with Gasteiger partial charge in [-0.05, 0) is 17.7 Å². The number of nitrogens with zero attached hydrogens (tertiary/aromatic N) is 1. The lowest BCUT2D eigenvalue weighted by Crippen LogP contribution is -2.50. The number of alkyl halides is 2. The highest BCUT2D eigenvalue weighted by Crippen LogP contribution is 2.56. The third-order valence-corrected chi connectivity index (χ3v) is 3.94. The summed E-state index contributed by atoms with van der Waals surface area (Å²) in [7, 11) is 0. The van der Waals surface area contributed by atoms with Gasteiger partial charge in [-0.2, -0.15) is 0 Å².